The smallest absolute Gasteiger partial charge is 0.329 e. The number of piperidine rings is 2. The van der Waals surface area contributed by atoms with Gasteiger partial charge in [0.25, 0.3) is 11.5 Å². The molecule has 16 nitrogen and oxygen atoms in total. The van der Waals surface area contributed by atoms with Crippen molar-refractivity contribution in [2.75, 3.05) is 71.3 Å². The Hall–Kier alpha value is -6.83. The van der Waals surface area contributed by atoms with Crippen molar-refractivity contribution in [3.8, 4) is 5.69 Å². The van der Waals surface area contributed by atoms with Gasteiger partial charge in [-0.3, -0.25) is 48.0 Å². The normalized spacial score (nSPS) is 19.4. The fourth-order valence-corrected chi connectivity index (χ4v) is 11.2. The molecular formula is C52H58F3N11O5. The number of hydrogen-bond acceptors (Lipinski definition) is 10. The Kier molecular flexibility index (Phi) is 13.1. The quantitative estimate of drug-likeness (QED) is 0.163. The number of imide groups is 1. The van der Waals surface area contributed by atoms with Crippen LogP contribution in [-0.2, 0) is 30.2 Å². The van der Waals surface area contributed by atoms with Crippen molar-refractivity contribution in [1.29, 1.82) is 0 Å². The van der Waals surface area contributed by atoms with E-state index >= 15 is 8.78 Å². The van der Waals surface area contributed by atoms with Crippen molar-refractivity contribution in [2.24, 2.45) is 20.0 Å². The zero-order chi connectivity index (χ0) is 49.8. The largest absolute Gasteiger partial charge is 0.386 e. The summed E-state index contributed by atoms with van der Waals surface area (Å²) in [5.74, 6) is -2.83. The monoisotopic (exact) mass is 973 g/mol. The Morgan fingerprint density at radius 1 is 0.831 bits per heavy atom. The summed E-state index contributed by atoms with van der Waals surface area (Å²) in [6.45, 7) is 9.19. The third-order valence-corrected chi connectivity index (χ3v) is 15.3. The first-order valence-electron chi connectivity index (χ1n) is 24.4. The second-order valence-corrected chi connectivity index (χ2v) is 19.5. The van der Waals surface area contributed by atoms with Gasteiger partial charge in [0.05, 0.1) is 28.6 Å². The highest BCUT2D eigenvalue weighted by Crippen LogP contribution is 2.35. The number of hydrogen-bond donors (Lipinski definition) is 2. The van der Waals surface area contributed by atoms with E-state index in [9.17, 15) is 28.4 Å². The van der Waals surface area contributed by atoms with E-state index in [4.69, 9.17) is 0 Å². The van der Waals surface area contributed by atoms with Crippen molar-refractivity contribution in [3.05, 3.63) is 128 Å². The van der Waals surface area contributed by atoms with Gasteiger partial charge in [-0.15, -0.1) is 0 Å². The summed E-state index contributed by atoms with van der Waals surface area (Å²) < 4.78 is 52.8. The van der Waals surface area contributed by atoms with Gasteiger partial charge >= 0.3 is 5.69 Å². The lowest BCUT2D eigenvalue weighted by Gasteiger charge is -2.39. The number of benzene rings is 2. The van der Waals surface area contributed by atoms with Crippen LogP contribution in [0, 0.1) is 23.4 Å². The Labute approximate surface area is 407 Å². The average molecular weight is 974 g/mol. The van der Waals surface area contributed by atoms with Crippen molar-refractivity contribution >= 4 is 51.0 Å². The van der Waals surface area contributed by atoms with Gasteiger partial charge in [-0.25, -0.2) is 22.9 Å². The minimum absolute atomic E-state index is 0.00460. The number of amides is 3. The summed E-state index contributed by atoms with van der Waals surface area (Å²) in [7, 11) is 5.14. The van der Waals surface area contributed by atoms with Gasteiger partial charge in [-0.2, -0.15) is 0 Å². The molecule has 6 aromatic rings. The molecule has 1 unspecified atom stereocenters. The molecule has 0 bridgehead atoms. The highest BCUT2D eigenvalue weighted by atomic mass is 19.1. The van der Waals surface area contributed by atoms with Crippen LogP contribution >= 0.6 is 0 Å². The fourth-order valence-electron chi connectivity index (χ4n) is 11.2. The number of fused-ring (bicyclic) bond motifs is 2. The molecule has 4 aromatic heterocycles. The third-order valence-electron chi connectivity index (χ3n) is 15.3. The molecule has 372 valence electrons. The molecule has 0 aliphatic carbocycles. The Morgan fingerprint density at radius 2 is 1.56 bits per heavy atom. The topological polar surface area (TPSA) is 155 Å². The number of anilines is 1. The van der Waals surface area contributed by atoms with Crippen LogP contribution in [0.2, 0.25) is 0 Å². The first-order valence-corrected chi connectivity index (χ1v) is 24.4. The van der Waals surface area contributed by atoms with Gasteiger partial charge in [-0.05, 0) is 86.1 Å². The second-order valence-electron chi connectivity index (χ2n) is 19.5. The average Bonchev–Trinajstić information content (AvgIpc) is 3.83. The number of nitrogens with one attached hydrogen (secondary N) is 2. The second kappa shape index (κ2) is 19.4. The molecule has 3 saturated heterocycles. The Morgan fingerprint density at radius 3 is 2.25 bits per heavy atom. The van der Waals surface area contributed by atoms with E-state index in [0.717, 1.165) is 68.9 Å². The molecule has 0 saturated carbocycles. The summed E-state index contributed by atoms with van der Waals surface area (Å²) in [5.41, 5.74) is 4.39. The molecule has 4 aliphatic heterocycles. The van der Waals surface area contributed by atoms with Crippen LogP contribution < -0.4 is 21.9 Å². The van der Waals surface area contributed by atoms with Gasteiger partial charge in [0.15, 0.2) is 5.82 Å². The molecule has 2 atom stereocenters. The van der Waals surface area contributed by atoms with E-state index in [0.29, 0.717) is 66.3 Å². The van der Waals surface area contributed by atoms with E-state index in [1.54, 1.807) is 35.8 Å². The number of imidazole rings is 1. The molecule has 8 heterocycles. The van der Waals surface area contributed by atoms with E-state index in [1.807, 2.05) is 48.9 Å². The SMILES string of the molecule is CNc1cc(=O)n(-c2ccnc3c2cc([C@H](C)N2CC=C(c4c(F)cc(C(=O)N5CCC(CN6CCN(Cc7ccc8c(c7)n(C)c(=O)n8C7CCC(=O)NC7=O)CC6)CC5)cc4F)CC2)n3C)cc1F. The van der Waals surface area contributed by atoms with Crippen LogP contribution in [0.3, 0.4) is 0 Å². The zero-order valence-electron chi connectivity index (χ0n) is 40.4. The highest BCUT2D eigenvalue weighted by molar-refractivity contribution is 6.00. The molecule has 2 N–H and O–H groups in total. The maximum atomic E-state index is 15.9. The van der Waals surface area contributed by atoms with Crippen molar-refractivity contribution in [1.82, 2.24) is 48.2 Å². The van der Waals surface area contributed by atoms with E-state index in [1.165, 1.54) is 33.5 Å². The highest BCUT2D eigenvalue weighted by Gasteiger charge is 2.33. The van der Waals surface area contributed by atoms with E-state index in [2.05, 4.69) is 30.3 Å². The summed E-state index contributed by atoms with van der Waals surface area (Å²) in [6.07, 6.45) is 7.06. The van der Waals surface area contributed by atoms with Crippen LogP contribution in [0.15, 0.2) is 76.6 Å². The minimum atomic E-state index is -0.758. The molecule has 10 rings (SSSR count). The number of rotatable bonds is 11. The van der Waals surface area contributed by atoms with Crippen molar-refractivity contribution in [3.63, 3.8) is 0 Å². The molecule has 4 aliphatic rings. The molecule has 71 heavy (non-hydrogen) atoms. The van der Waals surface area contributed by atoms with Gasteiger partial charge in [-0.1, -0.05) is 12.1 Å². The summed E-state index contributed by atoms with van der Waals surface area (Å²) in [6, 6.07) is 12.2. The van der Waals surface area contributed by atoms with Gasteiger partial charge in [0.2, 0.25) is 11.8 Å². The summed E-state index contributed by atoms with van der Waals surface area (Å²) in [5, 5.41) is 5.73. The number of carbonyl (C=O) groups excluding carboxylic acids is 3. The number of pyridine rings is 2. The van der Waals surface area contributed by atoms with Gasteiger partial charge in [0.1, 0.15) is 23.3 Å². The van der Waals surface area contributed by atoms with E-state index < -0.39 is 35.0 Å². The predicted octanol–water partition coefficient (Wildman–Crippen LogP) is 5.33. The van der Waals surface area contributed by atoms with Crippen LogP contribution in [0.1, 0.15) is 78.3 Å². The molecule has 0 radical (unpaired) electrons. The minimum Gasteiger partial charge on any atom is -0.386 e. The van der Waals surface area contributed by atoms with Crippen LogP contribution in [0.5, 0.6) is 0 Å². The standard InChI is InChI=1S/C52H58F3N11O5/c1-31(44-26-36-41(9-14-57-49(36)59(44)3)65-30-39(55)40(56-2)27-47(65)68)63-17-12-34(13-18-63)48-37(53)24-35(25-38(48)54)51(70)64-15-10-32(11-16-64)28-61-19-21-62(22-20-61)29-33-5-6-42-45(23-33)60(4)52(71)66(42)43-7-8-46(67)58-50(43)69/h5-6,9,12,14,23-27,30-32,43,56H,7-8,10-11,13,15-22,28-29H2,1-4H3,(H,58,67,69)/t31-,43?/m0/s1. The van der Waals surface area contributed by atoms with Crippen molar-refractivity contribution < 1.29 is 27.6 Å². The van der Waals surface area contributed by atoms with Crippen LogP contribution in [-0.4, -0.2) is 127 Å². The number of likely N-dealkylation sites (tertiary alicyclic amines) is 1. The lowest BCUT2D eigenvalue weighted by atomic mass is 9.94. The summed E-state index contributed by atoms with van der Waals surface area (Å²) in [4.78, 5) is 77.5. The molecule has 0 spiro atoms. The van der Waals surface area contributed by atoms with Gasteiger partial charge < -0.3 is 19.7 Å². The first-order chi connectivity index (χ1) is 34.2. The molecule has 19 heteroatoms. The first kappa shape index (κ1) is 47.8. The Balaban J connectivity index is 0.713. The predicted molar refractivity (Wildman–Crippen MR) is 264 cm³/mol. The van der Waals surface area contributed by atoms with Crippen LogP contribution in [0.25, 0.3) is 33.3 Å². The fraction of sp³-hybridized carbons (Fsp3) is 0.423. The molecule has 3 fully saturated rings. The third kappa shape index (κ3) is 9.10. The lowest BCUT2D eigenvalue weighted by Crippen LogP contribution is -2.48. The lowest BCUT2D eigenvalue weighted by molar-refractivity contribution is -0.135. The number of carbonyl (C=O) groups is 3. The number of piperazine rings is 1. The maximum absolute atomic E-state index is 15.9. The number of aromatic nitrogens is 5. The number of halogens is 3. The molecule has 2 aromatic carbocycles. The summed E-state index contributed by atoms with van der Waals surface area (Å²) >= 11 is 0. The van der Waals surface area contributed by atoms with Crippen LogP contribution in [0.4, 0.5) is 18.9 Å². The Bertz CT molecular complexity index is 3230. The van der Waals surface area contributed by atoms with E-state index in [-0.39, 0.29) is 53.2 Å². The maximum Gasteiger partial charge on any atom is 0.329 e. The molecule has 3 amide bonds. The number of aryl methyl sites for hydroxylation is 2. The zero-order valence-corrected chi connectivity index (χ0v) is 40.4. The number of nitrogens with zero attached hydrogens (tertiary/aromatic N) is 9. The van der Waals surface area contributed by atoms with Crippen molar-refractivity contribution in [2.45, 2.75) is 57.7 Å². The molecular weight excluding hydrogens is 916 g/mol. The van der Waals surface area contributed by atoms with Gasteiger partial charge in [0, 0.05) is 134 Å².